The zero-order valence-corrected chi connectivity index (χ0v) is 14.2. The summed E-state index contributed by atoms with van der Waals surface area (Å²) in [6, 6.07) is 11.1. The van der Waals surface area contributed by atoms with E-state index in [1.807, 2.05) is 31.2 Å². The molecule has 25 heavy (non-hydrogen) atoms. The van der Waals surface area contributed by atoms with Crippen LogP contribution in [0.4, 0.5) is 0 Å². The number of carbonyl (C=O) groups excluding carboxylic acids is 2. The standard InChI is InChI=1S/C19H22N2O4/c1-13-4-6-15(7-5-13)24-12-16-8-9-17(25-16)19(23)21-10-2-3-14(11-21)18(20)22/h4-9,14H,2-3,10-12H2,1H3,(H2,20,22)/t14-/m0/s1. The minimum Gasteiger partial charge on any atom is -0.486 e. The van der Waals surface area contributed by atoms with Gasteiger partial charge in [-0.2, -0.15) is 0 Å². The molecule has 1 aliphatic heterocycles. The van der Waals surface area contributed by atoms with E-state index in [0.717, 1.165) is 24.2 Å². The summed E-state index contributed by atoms with van der Waals surface area (Å²) in [5.41, 5.74) is 6.52. The van der Waals surface area contributed by atoms with Crippen molar-refractivity contribution in [3.8, 4) is 5.75 Å². The monoisotopic (exact) mass is 342 g/mol. The minimum absolute atomic E-state index is 0.215. The largest absolute Gasteiger partial charge is 0.486 e. The van der Waals surface area contributed by atoms with Crippen LogP contribution in [0.2, 0.25) is 0 Å². The lowest BCUT2D eigenvalue weighted by Gasteiger charge is -2.30. The van der Waals surface area contributed by atoms with Crippen LogP contribution in [-0.4, -0.2) is 29.8 Å². The molecule has 2 N–H and O–H groups in total. The highest BCUT2D eigenvalue weighted by Gasteiger charge is 2.28. The summed E-state index contributed by atoms with van der Waals surface area (Å²) in [5, 5.41) is 0. The van der Waals surface area contributed by atoms with Gasteiger partial charge in [0.25, 0.3) is 5.91 Å². The van der Waals surface area contributed by atoms with Gasteiger partial charge in [-0.25, -0.2) is 0 Å². The maximum Gasteiger partial charge on any atom is 0.289 e. The molecule has 1 aromatic carbocycles. The molecule has 0 bridgehead atoms. The highest BCUT2D eigenvalue weighted by atomic mass is 16.5. The van der Waals surface area contributed by atoms with Crippen molar-refractivity contribution in [1.82, 2.24) is 4.90 Å². The van der Waals surface area contributed by atoms with Gasteiger partial charge in [0.2, 0.25) is 5.91 Å². The van der Waals surface area contributed by atoms with Crippen LogP contribution in [0.1, 0.15) is 34.7 Å². The number of benzene rings is 1. The molecule has 6 heteroatoms. The fourth-order valence-electron chi connectivity index (χ4n) is 2.91. The number of nitrogens with zero attached hydrogens (tertiary/aromatic N) is 1. The Balaban J connectivity index is 1.59. The lowest BCUT2D eigenvalue weighted by Crippen LogP contribution is -2.44. The van der Waals surface area contributed by atoms with Crippen LogP contribution in [0.5, 0.6) is 5.75 Å². The summed E-state index contributed by atoms with van der Waals surface area (Å²) in [6.07, 6.45) is 1.50. The number of carbonyl (C=O) groups is 2. The van der Waals surface area contributed by atoms with Crippen molar-refractivity contribution < 1.29 is 18.7 Å². The summed E-state index contributed by atoms with van der Waals surface area (Å²) < 4.78 is 11.3. The van der Waals surface area contributed by atoms with Gasteiger partial charge in [0.05, 0.1) is 5.92 Å². The molecule has 132 valence electrons. The second-order valence-corrected chi connectivity index (χ2v) is 6.36. The fraction of sp³-hybridized carbons (Fsp3) is 0.368. The Morgan fingerprint density at radius 2 is 2.00 bits per heavy atom. The molecular weight excluding hydrogens is 320 g/mol. The van der Waals surface area contributed by atoms with Gasteiger partial charge in [0.15, 0.2) is 5.76 Å². The van der Waals surface area contributed by atoms with E-state index < -0.39 is 0 Å². The normalized spacial score (nSPS) is 17.3. The second kappa shape index (κ2) is 7.42. The van der Waals surface area contributed by atoms with Gasteiger partial charge in [-0.3, -0.25) is 9.59 Å². The first-order chi connectivity index (χ1) is 12.0. The highest BCUT2D eigenvalue weighted by molar-refractivity contribution is 5.92. The maximum atomic E-state index is 12.5. The smallest absolute Gasteiger partial charge is 0.289 e. The predicted molar refractivity (Wildman–Crippen MR) is 92.0 cm³/mol. The van der Waals surface area contributed by atoms with Crippen LogP contribution in [0.25, 0.3) is 0 Å². The van der Waals surface area contributed by atoms with Crippen molar-refractivity contribution in [2.45, 2.75) is 26.4 Å². The number of amides is 2. The molecule has 2 aromatic rings. The lowest BCUT2D eigenvalue weighted by molar-refractivity contribution is -0.123. The summed E-state index contributed by atoms with van der Waals surface area (Å²) >= 11 is 0. The molecule has 0 spiro atoms. The number of aryl methyl sites for hydroxylation is 1. The first-order valence-corrected chi connectivity index (χ1v) is 8.39. The molecule has 1 aliphatic rings. The van der Waals surface area contributed by atoms with Crippen LogP contribution in [0.15, 0.2) is 40.8 Å². The Kier molecular flexibility index (Phi) is 5.07. The number of piperidine rings is 1. The lowest BCUT2D eigenvalue weighted by atomic mass is 9.97. The SMILES string of the molecule is Cc1ccc(OCc2ccc(C(=O)N3CCC[C@H](C(N)=O)C3)o2)cc1. The Morgan fingerprint density at radius 1 is 1.24 bits per heavy atom. The molecular formula is C19H22N2O4. The van der Waals surface area contributed by atoms with E-state index in [0.29, 0.717) is 18.8 Å². The summed E-state index contributed by atoms with van der Waals surface area (Å²) in [6.45, 7) is 3.22. The first-order valence-electron chi connectivity index (χ1n) is 8.39. The molecule has 2 heterocycles. The Labute approximate surface area is 146 Å². The molecule has 1 aromatic heterocycles. The van der Waals surface area contributed by atoms with Crippen molar-refractivity contribution in [2.24, 2.45) is 11.7 Å². The second-order valence-electron chi connectivity index (χ2n) is 6.36. The van der Waals surface area contributed by atoms with Gasteiger partial charge < -0.3 is 19.8 Å². The Bertz CT molecular complexity index is 751. The van der Waals surface area contributed by atoms with Gasteiger partial charge in [0.1, 0.15) is 18.1 Å². The maximum absolute atomic E-state index is 12.5. The predicted octanol–water partition coefficient (Wildman–Crippen LogP) is 2.50. The van der Waals surface area contributed by atoms with Crippen LogP contribution < -0.4 is 10.5 Å². The zero-order chi connectivity index (χ0) is 17.8. The number of ether oxygens (including phenoxy) is 1. The van der Waals surface area contributed by atoms with Crippen molar-refractivity contribution in [3.63, 3.8) is 0 Å². The molecule has 0 aliphatic carbocycles. The number of hydrogen-bond donors (Lipinski definition) is 1. The van der Waals surface area contributed by atoms with Gasteiger partial charge >= 0.3 is 0 Å². The quantitative estimate of drug-likeness (QED) is 0.904. The average Bonchev–Trinajstić information content (AvgIpc) is 3.09. The molecule has 0 unspecified atom stereocenters. The first kappa shape index (κ1) is 17.1. The molecule has 1 atom stereocenters. The van der Waals surface area contributed by atoms with E-state index in [1.54, 1.807) is 17.0 Å². The molecule has 0 radical (unpaired) electrons. The topological polar surface area (TPSA) is 85.8 Å². The molecule has 2 amide bonds. The van der Waals surface area contributed by atoms with Gasteiger partial charge in [0, 0.05) is 13.1 Å². The third-order valence-electron chi connectivity index (χ3n) is 4.39. The third-order valence-corrected chi connectivity index (χ3v) is 4.39. The third kappa shape index (κ3) is 4.21. The fourth-order valence-corrected chi connectivity index (χ4v) is 2.91. The van der Waals surface area contributed by atoms with Crippen molar-refractivity contribution in [3.05, 3.63) is 53.5 Å². The molecule has 1 fully saturated rings. The van der Waals surface area contributed by atoms with E-state index in [9.17, 15) is 9.59 Å². The summed E-state index contributed by atoms with van der Waals surface area (Å²) in [5.74, 6) is 0.726. The molecule has 6 nitrogen and oxygen atoms in total. The Morgan fingerprint density at radius 3 is 2.72 bits per heavy atom. The van der Waals surface area contributed by atoms with E-state index in [-0.39, 0.29) is 30.1 Å². The van der Waals surface area contributed by atoms with E-state index in [2.05, 4.69) is 0 Å². The van der Waals surface area contributed by atoms with Gasteiger partial charge in [-0.05, 0) is 44.0 Å². The van der Waals surface area contributed by atoms with Crippen LogP contribution in [0.3, 0.4) is 0 Å². The van der Waals surface area contributed by atoms with Crippen LogP contribution in [0, 0.1) is 12.8 Å². The van der Waals surface area contributed by atoms with Gasteiger partial charge in [-0.1, -0.05) is 17.7 Å². The molecule has 1 saturated heterocycles. The number of likely N-dealkylation sites (tertiary alicyclic amines) is 1. The minimum atomic E-state index is -0.357. The number of hydrogen-bond acceptors (Lipinski definition) is 4. The van der Waals surface area contributed by atoms with Gasteiger partial charge in [-0.15, -0.1) is 0 Å². The molecule has 3 rings (SSSR count). The number of furan rings is 1. The van der Waals surface area contributed by atoms with E-state index in [1.165, 1.54) is 0 Å². The number of primary amides is 1. The van der Waals surface area contributed by atoms with E-state index >= 15 is 0 Å². The van der Waals surface area contributed by atoms with Crippen molar-refractivity contribution >= 4 is 11.8 Å². The summed E-state index contributed by atoms with van der Waals surface area (Å²) in [4.78, 5) is 25.5. The summed E-state index contributed by atoms with van der Waals surface area (Å²) in [7, 11) is 0. The zero-order valence-electron chi connectivity index (χ0n) is 14.2. The highest BCUT2D eigenvalue weighted by Crippen LogP contribution is 2.20. The average molecular weight is 342 g/mol. The number of nitrogens with two attached hydrogens (primary N) is 1. The van der Waals surface area contributed by atoms with Crippen LogP contribution >= 0.6 is 0 Å². The molecule has 0 saturated carbocycles. The van der Waals surface area contributed by atoms with Crippen molar-refractivity contribution in [2.75, 3.05) is 13.1 Å². The van der Waals surface area contributed by atoms with Crippen LogP contribution in [-0.2, 0) is 11.4 Å². The van der Waals surface area contributed by atoms with Crippen molar-refractivity contribution in [1.29, 1.82) is 0 Å². The Hall–Kier alpha value is -2.76. The number of rotatable bonds is 5. The van der Waals surface area contributed by atoms with E-state index in [4.69, 9.17) is 14.9 Å².